The predicted octanol–water partition coefficient (Wildman–Crippen LogP) is 1.67. The molecule has 0 aromatic rings. The molecule has 1 amide bonds. The number of hydrogen-bond donors (Lipinski definition) is 2. The molecule has 2 aliphatic heterocycles. The van der Waals surface area contributed by atoms with Crippen LogP contribution in [0.15, 0.2) is 0 Å². The molecule has 0 saturated carbocycles. The molecule has 0 aromatic carbocycles. The van der Waals surface area contributed by atoms with Crippen molar-refractivity contribution >= 4 is 5.91 Å². The average Bonchev–Trinajstić information content (AvgIpc) is 3.05. The van der Waals surface area contributed by atoms with Crippen molar-refractivity contribution in [1.82, 2.24) is 10.2 Å². The second-order valence-corrected chi connectivity index (χ2v) is 6.02. The van der Waals surface area contributed by atoms with Crippen LogP contribution >= 0.6 is 0 Å². The Morgan fingerprint density at radius 2 is 2.32 bits per heavy atom. The summed E-state index contributed by atoms with van der Waals surface area (Å²) in [5, 5.41) is 12.5. The normalized spacial score (nSPS) is 31.1. The zero-order valence-electron chi connectivity index (χ0n) is 12.2. The summed E-state index contributed by atoms with van der Waals surface area (Å²) in [6.45, 7) is 4.27. The molecule has 2 saturated heterocycles. The second kappa shape index (κ2) is 6.71. The molecular weight excluding hydrogens is 240 g/mol. The van der Waals surface area contributed by atoms with E-state index < -0.39 is 0 Å². The van der Waals surface area contributed by atoms with E-state index in [0.717, 1.165) is 64.5 Å². The van der Waals surface area contributed by atoms with Gasteiger partial charge in [0.1, 0.15) is 0 Å². The molecule has 2 fully saturated rings. The van der Waals surface area contributed by atoms with Crippen molar-refractivity contribution in [3.63, 3.8) is 0 Å². The zero-order chi connectivity index (χ0) is 13.7. The summed E-state index contributed by atoms with van der Waals surface area (Å²) in [7, 11) is 0. The van der Waals surface area contributed by atoms with Gasteiger partial charge in [-0.2, -0.15) is 0 Å². The van der Waals surface area contributed by atoms with E-state index in [2.05, 4.69) is 17.1 Å². The minimum absolute atomic E-state index is 0.233. The smallest absolute Gasteiger partial charge is 0.243 e. The number of amides is 1. The molecule has 2 aliphatic rings. The van der Waals surface area contributed by atoms with Crippen molar-refractivity contribution in [1.29, 1.82) is 0 Å². The molecule has 2 atom stereocenters. The molecular formula is C15H28N2O2. The molecule has 19 heavy (non-hydrogen) atoms. The molecule has 0 bridgehead atoms. The molecule has 110 valence electrons. The van der Waals surface area contributed by atoms with Gasteiger partial charge in [-0.1, -0.05) is 13.3 Å². The van der Waals surface area contributed by atoms with E-state index in [1.807, 2.05) is 0 Å². The van der Waals surface area contributed by atoms with Crippen LogP contribution in [0.3, 0.4) is 0 Å². The van der Waals surface area contributed by atoms with Crippen LogP contribution < -0.4 is 5.32 Å². The highest BCUT2D eigenvalue weighted by atomic mass is 16.3. The number of hydrogen-bond acceptors (Lipinski definition) is 3. The third kappa shape index (κ3) is 3.11. The highest BCUT2D eigenvalue weighted by molar-refractivity contribution is 5.87. The Morgan fingerprint density at radius 3 is 2.95 bits per heavy atom. The first-order valence-corrected chi connectivity index (χ1v) is 7.90. The van der Waals surface area contributed by atoms with Gasteiger partial charge >= 0.3 is 0 Å². The Bertz CT molecular complexity index is 301. The van der Waals surface area contributed by atoms with Crippen LogP contribution in [0.5, 0.6) is 0 Å². The fraction of sp³-hybridized carbons (Fsp3) is 0.933. The Hall–Kier alpha value is -0.610. The predicted molar refractivity (Wildman–Crippen MR) is 75.9 cm³/mol. The van der Waals surface area contributed by atoms with Crippen molar-refractivity contribution in [2.45, 2.75) is 69.9 Å². The highest BCUT2D eigenvalue weighted by Crippen LogP contribution is 2.31. The average molecular weight is 268 g/mol. The summed E-state index contributed by atoms with van der Waals surface area (Å²) in [6.07, 6.45) is 8.08. The van der Waals surface area contributed by atoms with Crippen molar-refractivity contribution in [2.24, 2.45) is 0 Å². The monoisotopic (exact) mass is 268 g/mol. The van der Waals surface area contributed by atoms with Crippen LogP contribution in [0.2, 0.25) is 0 Å². The highest BCUT2D eigenvalue weighted by Gasteiger charge is 2.44. The third-order valence-electron chi connectivity index (χ3n) is 4.66. The van der Waals surface area contributed by atoms with Gasteiger partial charge in [0, 0.05) is 19.2 Å². The number of aliphatic hydroxyl groups is 1. The molecule has 2 unspecified atom stereocenters. The molecule has 2 N–H and O–H groups in total. The van der Waals surface area contributed by atoms with Gasteiger partial charge in [0.25, 0.3) is 0 Å². The summed E-state index contributed by atoms with van der Waals surface area (Å²) < 4.78 is 0. The first-order chi connectivity index (χ1) is 9.23. The van der Waals surface area contributed by atoms with E-state index in [-0.39, 0.29) is 12.1 Å². The lowest BCUT2D eigenvalue weighted by atomic mass is 9.89. The quantitative estimate of drug-likeness (QED) is 0.770. The van der Waals surface area contributed by atoms with Crippen molar-refractivity contribution in [3.05, 3.63) is 0 Å². The maximum atomic E-state index is 12.9. The van der Waals surface area contributed by atoms with Gasteiger partial charge in [-0.05, 0) is 51.5 Å². The van der Waals surface area contributed by atoms with Crippen LogP contribution in [0, 0.1) is 0 Å². The zero-order valence-corrected chi connectivity index (χ0v) is 12.2. The van der Waals surface area contributed by atoms with Crippen molar-refractivity contribution < 1.29 is 9.90 Å². The largest absolute Gasteiger partial charge is 0.396 e. The van der Waals surface area contributed by atoms with E-state index in [1.165, 1.54) is 0 Å². The minimum atomic E-state index is -0.281. The summed E-state index contributed by atoms with van der Waals surface area (Å²) in [5.74, 6) is 0.326. The Balaban J connectivity index is 2.03. The second-order valence-electron chi connectivity index (χ2n) is 6.02. The lowest BCUT2D eigenvalue weighted by Crippen LogP contribution is -2.56. The number of carbonyl (C=O) groups is 1. The SMILES string of the molecule is CCCC1(C(=O)N2CCCC2CCCO)CCCN1. The molecule has 2 heterocycles. The van der Waals surface area contributed by atoms with Gasteiger partial charge < -0.3 is 15.3 Å². The molecule has 0 radical (unpaired) electrons. The molecule has 4 nitrogen and oxygen atoms in total. The van der Waals surface area contributed by atoms with Gasteiger partial charge in [0.05, 0.1) is 5.54 Å². The number of nitrogens with one attached hydrogen (secondary N) is 1. The fourth-order valence-electron chi connectivity index (χ4n) is 3.74. The van der Waals surface area contributed by atoms with Crippen LogP contribution in [0.25, 0.3) is 0 Å². The summed E-state index contributed by atoms with van der Waals surface area (Å²) in [6, 6.07) is 0.357. The van der Waals surface area contributed by atoms with Crippen LogP contribution in [0.4, 0.5) is 0 Å². The maximum Gasteiger partial charge on any atom is 0.243 e. The van der Waals surface area contributed by atoms with Crippen LogP contribution in [-0.2, 0) is 4.79 Å². The summed E-state index contributed by atoms with van der Waals surface area (Å²) >= 11 is 0. The minimum Gasteiger partial charge on any atom is -0.396 e. The van der Waals surface area contributed by atoms with Gasteiger partial charge in [-0.25, -0.2) is 0 Å². The lowest BCUT2D eigenvalue weighted by molar-refractivity contribution is -0.139. The standard InChI is InChI=1S/C15H28N2O2/c1-2-8-15(9-5-10-16-15)14(19)17-11-3-6-13(17)7-4-12-18/h13,16,18H,2-12H2,1H3. The van der Waals surface area contributed by atoms with E-state index in [1.54, 1.807) is 0 Å². The Labute approximate surface area is 116 Å². The van der Waals surface area contributed by atoms with Gasteiger partial charge in [0.2, 0.25) is 5.91 Å². The number of nitrogens with zero attached hydrogens (tertiary/aromatic N) is 1. The third-order valence-corrected chi connectivity index (χ3v) is 4.66. The molecule has 0 aliphatic carbocycles. The number of rotatable bonds is 6. The molecule has 4 heteroatoms. The molecule has 2 rings (SSSR count). The van der Waals surface area contributed by atoms with Gasteiger partial charge in [0.15, 0.2) is 0 Å². The van der Waals surface area contributed by atoms with E-state index in [4.69, 9.17) is 5.11 Å². The molecule has 0 aromatic heterocycles. The first-order valence-electron chi connectivity index (χ1n) is 7.90. The van der Waals surface area contributed by atoms with Crippen molar-refractivity contribution in [2.75, 3.05) is 19.7 Å². The van der Waals surface area contributed by atoms with Crippen LogP contribution in [0.1, 0.15) is 58.3 Å². The number of aliphatic hydroxyl groups excluding tert-OH is 1. The topological polar surface area (TPSA) is 52.6 Å². The fourth-order valence-corrected chi connectivity index (χ4v) is 3.74. The van der Waals surface area contributed by atoms with E-state index in [0.29, 0.717) is 11.9 Å². The van der Waals surface area contributed by atoms with Crippen molar-refractivity contribution in [3.8, 4) is 0 Å². The van der Waals surface area contributed by atoms with Gasteiger partial charge in [-0.3, -0.25) is 4.79 Å². The van der Waals surface area contributed by atoms with E-state index >= 15 is 0 Å². The first kappa shape index (κ1) is 14.8. The summed E-state index contributed by atoms with van der Waals surface area (Å²) in [5.41, 5.74) is -0.281. The summed E-state index contributed by atoms with van der Waals surface area (Å²) in [4.78, 5) is 15.0. The maximum absolute atomic E-state index is 12.9. The lowest BCUT2D eigenvalue weighted by Gasteiger charge is -2.35. The number of likely N-dealkylation sites (tertiary alicyclic amines) is 1. The number of carbonyl (C=O) groups excluding carboxylic acids is 1. The Morgan fingerprint density at radius 1 is 1.47 bits per heavy atom. The molecule has 0 spiro atoms. The van der Waals surface area contributed by atoms with Crippen LogP contribution in [-0.4, -0.2) is 47.2 Å². The Kier molecular flexibility index (Phi) is 5.22. The van der Waals surface area contributed by atoms with E-state index in [9.17, 15) is 4.79 Å². The van der Waals surface area contributed by atoms with Gasteiger partial charge in [-0.15, -0.1) is 0 Å².